The Morgan fingerprint density at radius 1 is 1.10 bits per heavy atom. The normalized spacial score (nSPS) is 12.2. The van der Waals surface area contributed by atoms with Crippen LogP contribution in [0.3, 0.4) is 0 Å². The predicted molar refractivity (Wildman–Crippen MR) is 114 cm³/mol. The fraction of sp³-hybridized carbons (Fsp3) is 0.316. The second-order valence-corrected chi connectivity index (χ2v) is 9.43. The van der Waals surface area contributed by atoms with Gasteiger partial charge in [0.05, 0.1) is 10.4 Å². The molecule has 0 bridgehead atoms. The maximum Gasteiger partial charge on any atom is 0.286 e. The number of halogens is 1. The molecule has 152 valence electrons. The molecule has 0 aliphatic carbocycles. The molecular weight excluding hydrogens is 458 g/mol. The van der Waals surface area contributed by atoms with Crippen molar-refractivity contribution in [2.45, 2.75) is 44.6 Å². The van der Waals surface area contributed by atoms with E-state index in [0.29, 0.717) is 23.7 Å². The molecular formula is C19H20BrN5O3S. The van der Waals surface area contributed by atoms with Gasteiger partial charge in [-0.15, -0.1) is 10.2 Å². The van der Waals surface area contributed by atoms with Gasteiger partial charge in [0.25, 0.3) is 15.6 Å². The summed E-state index contributed by atoms with van der Waals surface area (Å²) in [6, 6.07) is 9.72. The number of benzene rings is 1. The molecule has 10 heteroatoms. The maximum absolute atomic E-state index is 13.4. The zero-order valence-electron chi connectivity index (χ0n) is 16.0. The number of aromatic nitrogens is 5. The van der Waals surface area contributed by atoms with Gasteiger partial charge in [-0.3, -0.25) is 4.79 Å². The number of nitrogens with zero attached hydrogens (tertiary/aromatic N) is 5. The van der Waals surface area contributed by atoms with E-state index < -0.39 is 15.6 Å². The average molecular weight is 478 g/mol. The van der Waals surface area contributed by atoms with Gasteiger partial charge in [0.2, 0.25) is 5.78 Å². The van der Waals surface area contributed by atoms with Crippen molar-refractivity contribution in [3.8, 4) is 0 Å². The van der Waals surface area contributed by atoms with Crippen LogP contribution in [0.5, 0.6) is 0 Å². The smallest absolute Gasteiger partial charge is 0.286 e. The summed E-state index contributed by atoms with van der Waals surface area (Å²) in [6.07, 6.45) is 2.93. The average Bonchev–Trinajstić information content (AvgIpc) is 3.26. The number of fused-ring (bicyclic) bond motifs is 2. The van der Waals surface area contributed by atoms with Gasteiger partial charge in [0, 0.05) is 6.54 Å². The molecule has 0 saturated carbocycles. The minimum Gasteiger partial charge on any atom is -0.308 e. The van der Waals surface area contributed by atoms with Gasteiger partial charge in [-0.2, -0.15) is 0 Å². The Morgan fingerprint density at radius 2 is 1.83 bits per heavy atom. The predicted octanol–water partition coefficient (Wildman–Crippen LogP) is 3.34. The lowest BCUT2D eigenvalue weighted by atomic mass is 10.2. The van der Waals surface area contributed by atoms with Crippen molar-refractivity contribution in [3.05, 3.63) is 57.2 Å². The molecule has 0 atom stereocenters. The highest BCUT2D eigenvalue weighted by molar-refractivity contribution is 9.10. The number of hydrogen-bond acceptors (Lipinski definition) is 5. The largest absolute Gasteiger partial charge is 0.308 e. The van der Waals surface area contributed by atoms with Gasteiger partial charge in [0.15, 0.2) is 0 Å². The Kier molecular flexibility index (Phi) is 5.07. The first-order valence-corrected chi connectivity index (χ1v) is 11.6. The zero-order valence-corrected chi connectivity index (χ0v) is 18.4. The second-order valence-electron chi connectivity index (χ2n) is 6.83. The van der Waals surface area contributed by atoms with E-state index in [1.807, 2.05) is 4.57 Å². The Hall–Kier alpha value is -2.46. The highest BCUT2D eigenvalue weighted by atomic mass is 79.9. The van der Waals surface area contributed by atoms with Crippen LogP contribution in [0.2, 0.25) is 0 Å². The summed E-state index contributed by atoms with van der Waals surface area (Å²) in [4.78, 5) is 13.4. The van der Waals surface area contributed by atoms with Gasteiger partial charge in [-0.05, 0) is 47.5 Å². The van der Waals surface area contributed by atoms with E-state index in [-0.39, 0.29) is 15.0 Å². The number of rotatable bonds is 6. The molecule has 3 aromatic heterocycles. The molecule has 0 saturated heterocycles. The van der Waals surface area contributed by atoms with E-state index >= 15 is 0 Å². The van der Waals surface area contributed by atoms with Gasteiger partial charge >= 0.3 is 0 Å². The van der Waals surface area contributed by atoms with Crippen molar-refractivity contribution < 1.29 is 8.42 Å². The quantitative estimate of drug-likeness (QED) is 0.397. The maximum atomic E-state index is 13.4. The minimum atomic E-state index is -3.98. The van der Waals surface area contributed by atoms with Crippen LogP contribution in [0.25, 0.3) is 16.8 Å². The number of unbranched alkanes of at least 4 members (excludes halogenated alkanes) is 2. The zero-order chi connectivity index (χ0) is 20.8. The first kappa shape index (κ1) is 19.8. The molecule has 0 unspecified atom stereocenters. The van der Waals surface area contributed by atoms with Crippen LogP contribution in [0.1, 0.15) is 32.0 Å². The van der Waals surface area contributed by atoms with Crippen molar-refractivity contribution in [3.63, 3.8) is 0 Å². The summed E-state index contributed by atoms with van der Waals surface area (Å²) < 4.78 is 31.3. The van der Waals surface area contributed by atoms with Crippen LogP contribution in [0.15, 0.2) is 50.7 Å². The van der Waals surface area contributed by atoms with E-state index in [1.54, 1.807) is 31.2 Å². The molecule has 0 aliphatic heterocycles. The Labute approximate surface area is 176 Å². The molecule has 4 aromatic rings. The first-order chi connectivity index (χ1) is 13.9. The molecule has 3 heterocycles. The molecule has 29 heavy (non-hydrogen) atoms. The fourth-order valence-corrected chi connectivity index (χ4v) is 5.88. The van der Waals surface area contributed by atoms with Gasteiger partial charge in [-0.1, -0.05) is 38.0 Å². The lowest BCUT2D eigenvalue weighted by Crippen LogP contribution is -2.24. The van der Waals surface area contributed by atoms with Crippen molar-refractivity contribution in [2.75, 3.05) is 0 Å². The Balaban J connectivity index is 2.10. The van der Waals surface area contributed by atoms with Crippen LogP contribution in [-0.4, -0.2) is 31.6 Å². The highest BCUT2D eigenvalue weighted by Gasteiger charge is 2.27. The lowest BCUT2D eigenvalue weighted by molar-refractivity contribution is 0.587. The summed E-state index contributed by atoms with van der Waals surface area (Å²) in [5.41, 5.74) is 0.124. The van der Waals surface area contributed by atoms with Crippen molar-refractivity contribution >= 4 is 42.8 Å². The molecule has 0 amide bonds. The monoisotopic (exact) mass is 477 g/mol. The van der Waals surface area contributed by atoms with E-state index in [9.17, 15) is 13.2 Å². The standard InChI is InChI=1S/C19H20BrN5O3S/c1-3-4-8-11-23-15-12-16(20)25(29(27,28)14-9-6-5-7-10-14)17(15)18(26)24-13(2)21-22-19(23)24/h5-7,9-10,12H,3-4,8,11H2,1-2H3. The van der Waals surface area contributed by atoms with E-state index in [2.05, 4.69) is 33.1 Å². The Bertz CT molecular complexity index is 1370. The summed E-state index contributed by atoms with van der Waals surface area (Å²) in [7, 11) is -3.98. The SMILES string of the molecule is CCCCCn1c2cc(Br)n(S(=O)(=O)c3ccccc3)c2c(=O)n2c(C)nnc12. The van der Waals surface area contributed by atoms with Gasteiger partial charge in [-0.25, -0.2) is 16.8 Å². The van der Waals surface area contributed by atoms with Crippen molar-refractivity contribution in [2.24, 2.45) is 0 Å². The molecule has 0 radical (unpaired) electrons. The molecule has 8 nitrogen and oxygen atoms in total. The van der Waals surface area contributed by atoms with Gasteiger partial charge < -0.3 is 4.57 Å². The summed E-state index contributed by atoms with van der Waals surface area (Å²) >= 11 is 3.36. The van der Waals surface area contributed by atoms with Crippen LogP contribution in [0.4, 0.5) is 0 Å². The van der Waals surface area contributed by atoms with Crippen molar-refractivity contribution in [1.82, 2.24) is 23.1 Å². The van der Waals surface area contributed by atoms with Crippen LogP contribution in [0, 0.1) is 6.92 Å². The fourth-order valence-electron chi connectivity index (χ4n) is 3.50. The number of hydrogen-bond donors (Lipinski definition) is 0. The summed E-state index contributed by atoms with van der Waals surface area (Å²) in [5, 5.41) is 8.21. The summed E-state index contributed by atoms with van der Waals surface area (Å²) in [6.45, 7) is 4.39. The molecule has 0 spiro atoms. The second kappa shape index (κ2) is 7.42. The third-order valence-electron chi connectivity index (χ3n) is 4.91. The third-order valence-corrected chi connectivity index (χ3v) is 7.45. The topological polar surface area (TPSA) is 91.3 Å². The van der Waals surface area contributed by atoms with Crippen LogP contribution >= 0.6 is 15.9 Å². The highest BCUT2D eigenvalue weighted by Crippen LogP contribution is 2.28. The first-order valence-electron chi connectivity index (χ1n) is 9.34. The molecule has 0 fully saturated rings. The number of aryl methyl sites for hydroxylation is 2. The third kappa shape index (κ3) is 3.10. The molecule has 0 N–H and O–H groups in total. The summed E-state index contributed by atoms with van der Waals surface area (Å²) in [5.74, 6) is 0.829. The van der Waals surface area contributed by atoms with Crippen LogP contribution < -0.4 is 5.56 Å². The Morgan fingerprint density at radius 3 is 2.52 bits per heavy atom. The molecule has 0 aliphatic rings. The molecule has 4 rings (SSSR count). The van der Waals surface area contributed by atoms with E-state index in [1.165, 1.54) is 16.5 Å². The lowest BCUT2D eigenvalue weighted by Gasteiger charge is -2.12. The van der Waals surface area contributed by atoms with Gasteiger partial charge in [0.1, 0.15) is 15.9 Å². The molecule has 1 aromatic carbocycles. The van der Waals surface area contributed by atoms with E-state index in [0.717, 1.165) is 23.2 Å². The van der Waals surface area contributed by atoms with Crippen LogP contribution in [-0.2, 0) is 16.6 Å². The minimum absolute atomic E-state index is 0.0765. The van der Waals surface area contributed by atoms with E-state index in [4.69, 9.17) is 0 Å². The van der Waals surface area contributed by atoms with Crippen molar-refractivity contribution in [1.29, 1.82) is 0 Å².